The van der Waals surface area contributed by atoms with Crippen molar-refractivity contribution in [3.63, 3.8) is 0 Å². The number of aryl methyl sites for hydroxylation is 2. The van der Waals surface area contributed by atoms with Gasteiger partial charge in [-0.1, -0.05) is 41.1 Å². The Morgan fingerprint density at radius 3 is 2.34 bits per heavy atom. The highest BCUT2D eigenvalue weighted by atomic mass is 35.5. The molecule has 178 valence electrons. The second-order valence-corrected chi connectivity index (χ2v) is 10.9. The Kier molecular flexibility index (Phi) is 5.57. The van der Waals surface area contributed by atoms with Gasteiger partial charge in [-0.2, -0.15) is 0 Å². The van der Waals surface area contributed by atoms with Gasteiger partial charge in [0.1, 0.15) is 5.65 Å². The highest BCUT2D eigenvalue weighted by molar-refractivity contribution is 7.11. The van der Waals surface area contributed by atoms with Crippen molar-refractivity contribution < 1.29 is 9.53 Å². The predicted molar refractivity (Wildman–Crippen MR) is 142 cm³/mol. The molecule has 5 rings (SSSR count). The molecule has 3 aromatic heterocycles. The minimum absolute atomic E-state index is 0.0734. The maximum atomic E-state index is 13.2. The Morgan fingerprint density at radius 1 is 0.971 bits per heavy atom. The van der Waals surface area contributed by atoms with Gasteiger partial charge >= 0.3 is 5.97 Å². The van der Waals surface area contributed by atoms with E-state index in [9.17, 15) is 9.59 Å². The quantitative estimate of drug-likeness (QED) is 0.265. The number of hydrogen-bond donors (Lipinski definition) is 0. The number of thiazole rings is 1. The summed E-state index contributed by atoms with van der Waals surface area (Å²) in [7, 11) is 3.75. The normalized spacial score (nSPS) is 11.9. The summed E-state index contributed by atoms with van der Waals surface area (Å²) in [6.07, 6.45) is 0. The van der Waals surface area contributed by atoms with E-state index < -0.39 is 5.41 Å². The minimum Gasteiger partial charge on any atom is -0.397 e. The molecule has 0 aliphatic rings. The second kappa shape index (κ2) is 8.36. The van der Waals surface area contributed by atoms with E-state index in [1.54, 1.807) is 23.7 Å². The van der Waals surface area contributed by atoms with Crippen LogP contribution in [0.25, 0.3) is 44.3 Å². The molecule has 3 heterocycles. The lowest BCUT2D eigenvalue weighted by Gasteiger charge is -2.14. The Morgan fingerprint density at radius 2 is 1.66 bits per heavy atom. The summed E-state index contributed by atoms with van der Waals surface area (Å²) in [6.45, 7) is 5.43. The van der Waals surface area contributed by atoms with Crippen LogP contribution in [0.2, 0.25) is 5.02 Å². The third-order valence-corrected chi connectivity index (χ3v) is 7.04. The average Bonchev–Trinajstić information content (AvgIpc) is 3.39. The highest BCUT2D eigenvalue weighted by Gasteiger charge is 2.25. The predicted octanol–water partition coefficient (Wildman–Crippen LogP) is 6.43. The van der Waals surface area contributed by atoms with Crippen LogP contribution < -0.4 is 10.3 Å². The lowest BCUT2D eigenvalue weighted by atomic mass is 9.98. The number of carbonyl (C=O) groups excluding carboxylic acids is 1. The summed E-state index contributed by atoms with van der Waals surface area (Å²) >= 11 is 7.35. The first-order valence-corrected chi connectivity index (χ1v) is 12.4. The van der Waals surface area contributed by atoms with E-state index in [4.69, 9.17) is 16.3 Å². The van der Waals surface area contributed by atoms with Crippen LogP contribution in [0.1, 0.15) is 20.8 Å². The number of rotatable bonds is 3. The third kappa shape index (κ3) is 4.05. The fourth-order valence-electron chi connectivity index (χ4n) is 4.16. The molecule has 0 fully saturated rings. The van der Waals surface area contributed by atoms with E-state index in [0.29, 0.717) is 15.8 Å². The maximum absolute atomic E-state index is 13.2. The molecule has 35 heavy (non-hydrogen) atoms. The Labute approximate surface area is 211 Å². The molecule has 0 spiro atoms. The van der Waals surface area contributed by atoms with E-state index in [1.165, 1.54) is 11.3 Å². The molecule has 0 radical (unpaired) electrons. The molecule has 6 nitrogen and oxygen atoms in total. The lowest BCUT2D eigenvalue weighted by Crippen LogP contribution is -2.25. The number of hydrogen-bond acceptors (Lipinski definition) is 5. The summed E-state index contributed by atoms with van der Waals surface area (Å²) in [5.74, 6) is -0.321. The molecule has 0 unspecified atom stereocenters. The first-order valence-electron chi connectivity index (χ1n) is 11.1. The van der Waals surface area contributed by atoms with Crippen molar-refractivity contribution in [3.05, 3.63) is 69.3 Å². The lowest BCUT2D eigenvalue weighted by molar-refractivity contribution is -0.142. The SMILES string of the molecule is Cn1c(=O)c(-c2ccc(Cl)cc2)cc2c3cc(-c4csc(OC(=O)C(C)(C)C)n4)ccc3n(C)c21. The van der Waals surface area contributed by atoms with Crippen molar-refractivity contribution in [1.29, 1.82) is 0 Å². The van der Waals surface area contributed by atoms with Gasteiger partial charge in [-0.15, -0.1) is 0 Å². The molecule has 5 aromatic rings. The van der Waals surface area contributed by atoms with Gasteiger partial charge in [0.2, 0.25) is 0 Å². The summed E-state index contributed by atoms with van der Waals surface area (Å²) in [6, 6.07) is 15.3. The molecule has 0 bridgehead atoms. The summed E-state index contributed by atoms with van der Waals surface area (Å²) in [4.78, 5) is 30.0. The van der Waals surface area contributed by atoms with Gasteiger partial charge in [-0.05, 0) is 56.7 Å². The second-order valence-electron chi connectivity index (χ2n) is 9.60. The minimum atomic E-state index is -0.606. The van der Waals surface area contributed by atoms with Crippen molar-refractivity contribution in [2.45, 2.75) is 20.8 Å². The van der Waals surface area contributed by atoms with E-state index in [0.717, 1.165) is 38.8 Å². The number of carbonyl (C=O) groups is 1. The van der Waals surface area contributed by atoms with Crippen molar-refractivity contribution in [2.75, 3.05) is 0 Å². The standard InChI is InChI=1S/C27H24ClN3O3S/c1-27(2,3)25(33)34-26-29-21(14-35-26)16-8-11-22-19(12-16)20-13-18(15-6-9-17(28)10-7-15)24(32)31(5)23(20)30(22)4/h6-14H,1-5H3. The average molecular weight is 506 g/mol. The van der Waals surface area contributed by atoms with Crippen molar-refractivity contribution in [2.24, 2.45) is 19.5 Å². The van der Waals surface area contributed by atoms with Crippen LogP contribution >= 0.6 is 22.9 Å². The van der Waals surface area contributed by atoms with E-state index in [2.05, 4.69) is 11.1 Å². The Bertz CT molecular complexity index is 1670. The number of esters is 1. The van der Waals surface area contributed by atoms with Crippen LogP contribution in [0.4, 0.5) is 0 Å². The Hall–Kier alpha value is -3.42. The van der Waals surface area contributed by atoms with Crippen LogP contribution in [0, 0.1) is 5.41 Å². The van der Waals surface area contributed by atoms with Gasteiger partial charge in [0.15, 0.2) is 0 Å². The smallest absolute Gasteiger partial charge is 0.318 e. The highest BCUT2D eigenvalue weighted by Crippen LogP contribution is 2.35. The van der Waals surface area contributed by atoms with E-state index in [-0.39, 0.29) is 11.5 Å². The molecule has 0 saturated carbocycles. The van der Waals surface area contributed by atoms with Crippen LogP contribution in [-0.2, 0) is 18.9 Å². The topological polar surface area (TPSA) is 66.1 Å². The molecule has 8 heteroatoms. The molecule has 0 atom stereocenters. The van der Waals surface area contributed by atoms with Crippen LogP contribution in [-0.4, -0.2) is 20.1 Å². The van der Waals surface area contributed by atoms with Gasteiger partial charge < -0.3 is 9.30 Å². The van der Waals surface area contributed by atoms with Gasteiger partial charge in [0.25, 0.3) is 10.8 Å². The fraction of sp³-hybridized carbons (Fsp3) is 0.222. The van der Waals surface area contributed by atoms with Crippen molar-refractivity contribution >= 4 is 50.8 Å². The Balaban J connectivity index is 1.65. The number of aromatic nitrogens is 3. The molecule has 0 aliphatic carbocycles. The molecular formula is C27H24ClN3O3S. The maximum Gasteiger partial charge on any atom is 0.318 e. The molecule has 0 saturated heterocycles. The number of pyridine rings is 1. The number of halogens is 1. The fourth-order valence-corrected chi connectivity index (χ4v) is 4.96. The molecule has 0 amide bonds. The molecule has 0 aliphatic heterocycles. The summed E-state index contributed by atoms with van der Waals surface area (Å²) in [5, 5.41) is 4.80. The van der Waals surface area contributed by atoms with E-state index >= 15 is 0 Å². The van der Waals surface area contributed by atoms with Crippen molar-refractivity contribution in [1.82, 2.24) is 14.1 Å². The summed E-state index contributed by atoms with van der Waals surface area (Å²) in [5.41, 5.74) is 4.21. The number of benzene rings is 2. The van der Waals surface area contributed by atoms with Crippen LogP contribution in [0.3, 0.4) is 0 Å². The van der Waals surface area contributed by atoms with Gasteiger partial charge in [0, 0.05) is 46.4 Å². The van der Waals surface area contributed by atoms with Crippen LogP contribution in [0.15, 0.2) is 58.7 Å². The number of fused-ring (bicyclic) bond motifs is 3. The van der Waals surface area contributed by atoms with Crippen molar-refractivity contribution in [3.8, 4) is 27.6 Å². The largest absolute Gasteiger partial charge is 0.397 e. The van der Waals surface area contributed by atoms with Gasteiger partial charge in [0.05, 0.1) is 16.6 Å². The first-order chi connectivity index (χ1) is 16.5. The van der Waals surface area contributed by atoms with Gasteiger partial charge in [-0.3, -0.25) is 14.2 Å². The van der Waals surface area contributed by atoms with E-state index in [1.807, 2.05) is 68.1 Å². The molecule has 0 N–H and O–H groups in total. The monoisotopic (exact) mass is 505 g/mol. The first kappa shape index (κ1) is 23.3. The zero-order valence-corrected chi connectivity index (χ0v) is 21.6. The molecule has 2 aromatic carbocycles. The van der Waals surface area contributed by atoms with Crippen LogP contribution in [0.5, 0.6) is 5.19 Å². The number of nitrogens with zero attached hydrogens (tertiary/aromatic N) is 3. The molecular weight excluding hydrogens is 482 g/mol. The van der Waals surface area contributed by atoms with Gasteiger partial charge in [-0.25, -0.2) is 4.98 Å². The zero-order chi connectivity index (χ0) is 25.1. The third-order valence-electron chi connectivity index (χ3n) is 6.07. The zero-order valence-electron chi connectivity index (χ0n) is 20.0. The summed E-state index contributed by atoms with van der Waals surface area (Å²) < 4.78 is 9.17. The number of ether oxygens (including phenoxy) is 1.